The topological polar surface area (TPSA) is 91.7 Å². The molecule has 8 heteroatoms. The second kappa shape index (κ2) is 12.2. The maximum atomic E-state index is 12.2. The predicted octanol–water partition coefficient (Wildman–Crippen LogP) is 4.03. The van der Waals surface area contributed by atoms with Gasteiger partial charge in [-0.25, -0.2) is 9.48 Å². The summed E-state index contributed by atoms with van der Waals surface area (Å²) < 4.78 is 17.6. The van der Waals surface area contributed by atoms with Gasteiger partial charge in [0.05, 0.1) is 19.9 Å². The van der Waals surface area contributed by atoms with E-state index in [9.17, 15) is 9.59 Å². The van der Waals surface area contributed by atoms with Gasteiger partial charge < -0.3 is 19.5 Å². The van der Waals surface area contributed by atoms with Gasteiger partial charge in [0.15, 0.2) is 18.1 Å². The molecule has 0 fully saturated rings. The number of benzene rings is 2. The third kappa shape index (κ3) is 6.48. The van der Waals surface area contributed by atoms with Crippen LogP contribution in [0.25, 0.3) is 23.0 Å². The van der Waals surface area contributed by atoms with Gasteiger partial charge in [0.2, 0.25) is 0 Å². The fourth-order valence-corrected chi connectivity index (χ4v) is 3.23. The Balaban J connectivity index is 1.84. The Morgan fingerprint density at radius 3 is 2.53 bits per heavy atom. The van der Waals surface area contributed by atoms with Crippen LogP contribution < -0.4 is 14.8 Å². The second-order valence-electron chi connectivity index (χ2n) is 7.43. The quantitative estimate of drug-likeness (QED) is 0.262. The number of nitrogens with one attached hydrogen (secondary N) is 1. The lowest BCUT2D eigenvalue weighted by Crippen LogP contribution is -2.29. The number of para-hydroxylation sites is 1. The molecule has 0 aliphatic rings. The molecule has 34 heavy (non-hydrogen) atoms. The van der Waals surface area contributed by atoms with Crippen LogP contribution in [0, 0.1) is 0 Å². The van der Waals surface area contributed by atoms with E-state index in [0.717, 1.165) is 24.1 Å². The second-order valence-corrected chi connectivity index (χ2v) is 7.43. The Bertz CT molecular complexity index is 1140. The molecule has 1 aromatic heterocycles. The Morgan fingerprint density at radius 1 is 1.06 bits per heavy atom. The number of rotatable bonds is 11. The predicted molar refractivity (Wildman–Crippen MR) is 130 cm³/mol. The number of aromatic nitrogens is 2. The van der Waals surface area contributed by atoms with Crippen LogP contribution in [0.2, 0.25) is 0 Å². The van der Waals surface area contributed by atoms with Crippen LogP contribution in [-0.2, 0) is 14.3 Å². The summed E-state index contributed by atoms with van der Waals surface area (Å²) in [6.45, 7) is 2.28. The van der Waals surface area contributed by atoms with E-state index in [1.165, 1.54) is 6.08 Å². The summed E-state index contributed by atoms with van der Waals surface area (Å²) in [6, 6.07) is 15.1. The number of carbonyl (C=O) groups is 2. The van der Waals surface area contributed by atoms with Crippen molar-refractivity contribution in [1.29, 1.82) is 0 Å². The van der Waals surface area contributed by atoms with E-state index < -0.39 is 5.97 Å². The van der Waals surface area contributed by atoms with Gasteiger partial charge in [-0.15, -0.1) is 0 Å². The zero-order valence-electron chi connectivity index (χ0n) is 19.6. The molecule has 0 aliphatic heterocycles. The summed E-state index contributed by atoms with van der Waals surface area (Å²) >= 11 is 0. The SMILES string of the molecule is CCCCNC(=O)COC(=O)C=Cc1cn(-c2ccccc2)nc1-c1ccc(OC)c(OC)c1. The molecule has 3 rings (SSSR count). The molecule has 1 heterocycles. The Morgan fingerprint density at radius 2 is 1.82 bits per heavy atom. The van der Waals surface area contributed by atoms with Gasteiger partial charge in [0.1, 0.15) is 5.69 Å². The first-order chi connectivity index (χ1) is 16.5. The molecule has 0 atom stereocenters. The molecule has 0 radical (unpaired) electrons. The fraction of sp³-hybridized carbons (Fsp3) is 0.269. The summed E-state index contributed by atoms with van der Waals surface area (Å²) in [5, 5.41) is 7.44. The molecule has 3 aromatic rings. The normalized spacial score (nSPS) is 10.8. The summed E-state index contributed by atoms with van der Waals surface area (Å²) in [6.07, 6.45) is 6.58. The van der Waals surface area contributed by atoms with E-state index >= 15 is 0 Å². The molecule has 0 saturated heterocycles. The highest BCUT2D eigenvalue weighted by Gasteiger charge is 2.14. The highest BCUT2D eigenvalue weighted by Crippen LogP contribution is 2.33. The van der Waals surface area contributed by atoms with Gasteiger partial charge in [-0.3, -0.25) is 4.79 Å². The minimum atomic E-state index is -0.614. The number of hydrogen-bond donors (Lipinski definition) is 1. The average Bonchev–Trinajstić information content (AvgIpc) is 3.30. The molecular weight excluding hydrogens is 434 g/mol. The van der Waals surface area contributed by atoms with Crippen molar-refractivity contribution in [3.05, 3.63) is 66.4 Å². The molecule has 2 aromatic carbocycles. The number of amides is 1. The van der Waals surface area contributed by atoms with Crippen molar-refractivity contribution >= 4 is 18.0 Å². The van der Waals surface area contributed by atoms with E-state index in [-0.39, 0.29) is 12.5 Å². The summed E-state index contributed by atoms with van der Waals surface area (Å²) in [5.41, 5.74) is 3.00. The molecule has 1 amide bonds. The zero-order valence-corrected chi connectivity index (χ0v) is 19.6. The molecule has 0 aliphatic carbocycles. The number of unbranched alkanes of at least 4 members (excludes halogenated alkanes) is 1. The van der Waals surface area contributed by atoms with Gasteiger partial charge in [0, 0.05) is 29.9 Å². The highest BCUT2D eigenvalue weighted by atomic mass is 16.5. The number of esters is 1. The van der Waals surface area contributed by atoms with Crippen molar-refractivity contribution in [2.45, 2.75) is 19.8 Å². The minimum absolute atomic E-state index is 0.321. The smallest absolute Gasteiger partial charge is 0.331 e. The van der Waals surface area contributed by atoms with Gasteiger partial charge in [-0.05, 0) is 42.8 Å². The third-order valence-corrected chi connectivity index (χ3v) is 5.02. The van der Waals surface area contributed by atoms with Crippen molar-refractivity contribution in [3.8, 4) is 28.4 Å². The number of hydrogen-bond acceptors (Lipinski definition) is 6. The molecule has 0 saturated carbocycles. The van der Waals surface area contributed by atoms with Crippen LogP contribution in [0.1, 0.15) is 25.3 Å². The van der Waals surface area contributed by atoms with Crippen LogP contribution >= 0.6 is 0 Å². The Kier molecular flexibility index (Phi) is 8.85. The molecule has 0 bridgehead atoms. The number of nitrogens with zero attached hydrogens (tertiary/aromatic N) is 2. The molecule has 1 N–H and O–H groups in total. The lowest BCUT2D eigenvalue weighted by Gasteiger charge is -2.09. The maximum Gasteiger partial charge on any atom is 0.331 e. The maximum absolute atomic E-state index is 12.2. The van der Waals surface area contributed by atoms with Crippen molar-refractivity contribution in [3.63, 3.8) is 0 Å². The zero-order chi connectivity index (χ0) is 24.3. The Hall–Kier alpha value is -4.07. The van der Waals surface area contributed by atoms with Crippen molar-refractivity contribution in [1.82, 2.24) is 15.1 Å². The van der Waals surface area contributed by atoms with Crippen LogP contribution in [0.4, 0.5) is 0 Å². The number of ether oxygens (including phenoxy) is 3. The minimum Gasteiger partial charge on any atom is -0.493 e. The van der Waals surface area contributed by atoms with Crippen LogP contribution in [-0.4, -0.2) is 49.0 Å². The number of carbonyl (C=O) groups excluding carboxylic acids is 2. The van der Waals surface area contributed by atoms with E-state index in [1.807, 2.05) is 55.6 Å². The fourth-order valence-electron chi connectivity index (χ4n) is 3.23. The van der Waals surface area contributed by atoms with Crippen LogP contribution in [0.5, 0.6) is 11.5 Å². The largest absolute Gasteiger partial charge is 0.493 e. The summed E-state index contributed by atoms with van der Waals surface area (Å²) in [4.78, 5) is 24.0. The lowest BCUT2D eigenvalue weighted by molar-refractivity contribution is -0.143. The lowest BCUT2D eigenvalue weighted by atomic mass is 10.1. The molecular formula is C26H29N3O5. The highest BCUT2D eigenvalue weighted by molar-refractivity contribution is 5.90. The first kappa shape index (κ1) is 24.6. The molecule has 0 unspecified atom stereocenters. The van der Waals surface area contributed by atoms with Gasteiger partial charge in [-0.2, -0.15) is 5.10 Å². The molecule has 0 spiro atoms. The molecule has 178 valence electrons. The van der Waals surface area contributed by atoms with E-state index in [4.69, 9.17) is 19.3 Å². The monoisotopic (exact) mass is 463 g/mol. The molecule has 8 nitrogen and oxygen atoms in total. The van der Waals surface area contributed by atoms with E-state index in [1.54, 1.807) is 31.0 Å². The number of methoxy groups -OCH3 is 2. The van der Waals surface area contributed by atoms with E-state index in [2.05, 4.69) is 5.32 Å². The van der Waals surface area contributed by atoms with Crippen molar-refractivity contribution in [2.24, 2.45) is 0 Å². The van der Waals surface area contributed by atoms with Crippen molar-refractivity contribution < 1.29 is 23.8 Å². The standard InChI is InChI=1S/C26H29N3O5/c1-4-5-15-27-24(30)18-34-25(31)14-12-20-17-29(21-9-7-6-8-10-21)28-26(20)19-11-13-22(32-2)23(16-19)33-3/h6-14,16-17H,4-5,15,18H2,1-3H3,(H,27,30). The first-order valence-electron chi connectivity index (χ1n) is 11.0. The van der Waals surface area contributed by atoms with E-state index in [0.29, 0.717) is 29.3 Å². The third-order valence-electron chi connectivity index (χ3n) is 5.02. The van der Waals surface area contributed by atoms with Crippen LogP contribution in [0.15, 0.2) is 60.8 Å². The van der Waals surface area contributed by atoms with Gasteiger partial charge >= 0.3 is 5.97 Å². The van der Waals surface area contributed by atoms with Gasteiger partial charge in [0.25, 0.3) is 5.91 Å². The van der Waals surface area contributed by atoms with Crippen molar-refractivity contribution in [2.75, 3.05) is 27.4 Å². The summed E-state index contributed by atoms with van der Waals surface area (Å²) in [7, 11) is 3.14. The Labute approximate surface area is 199 Å². The average molecular weight is 464 g/mol. The van der Waals surface area contributed by atoms with Gasteiger partial charge in [-0.1, -0.05) is 31.5 Å². The first-order valence-corrected chi connectivity index (χ1v) is 11.0. The summed E-state index contributed by atoms with van der Waals surface area (Å²) in [5.74, 6) is 0.235. The van der Waals surface area contributed by atoms with Crippen LogP contribution in [0.3, 0.4) is 0 Å².